The quantitative estimate of drug-likeness (QED) is 0.562. The van der Waals surface area contributed by atoms with Crippen LogP contribution in [0.15, 0.2) is 24.5 Å². The van der Waals surface area contributed by atoms with E-state index >= 15 is 0 Å². The van der Waals surface area contributed by atoms with Gasteiger partial charge in [-0.25, -0.2) is 5.84 Å². The first-order chi connectivity index (χ1) is 6.70. The molecule has 0 atom stereocenters. The lowest BCUT2D eigenvalue weighted by atomic mass is 10.2. The van der Waals surface area contributed by atoms with E-state index in [1.54, 1.807) is 24.3 Å². The largest absolute Gasteiger partial charge is 0.309 e. The van der Waals surface area contributed by atoms with Gasteiger partial charge in [-0.1, -0.05) is 0 Å². The van der Waals surface area contributed by atoms with Gasteiger partial charge in [0, 0.05) is 19.2 Å². The number of hydrazine groups is 1. The summed E-state index contributed by atoms with van der Waals surface area (Å²) >= 11 is 0. The second-order valence-corrected chi connectivity index (χ2v) is 3.21. The number of nitrogens with two attached hydrogens (primary N) is 1. The zero-order valence-corrected chi connectivity index (χ0v) is 8.31. The van der Waals surface area contributed by atoms with E-state index in [1.165, 1.54) is 0 Å². The van der Waals surface area contributed by atoms with E-state index in [9.17, 15) is 4.79 Å². The molecule has 4 nitrogen and oxygen atoms in total. The Balaban J connectivity index is 2.36. The number of nitrogens with zero attached hydrogens (tertiary/aromatic N) is 2. The predicted octanol–water partition coefficient (Wildman–Crippen LogP) is 1.13. The molecule has 1 aromatic rings. The highest BCUT2D eigenvalue weighted by Gasteiger charge is 2.01. The number of aromatic nitrogens is 1. The predicted molar refractivity (Wildman–Crippen MR) is 55.7 cm³/mol. The first-order valence-corrected chi connectivity index (χ1v) is 4.62. The highest BCUT2D eigenvalue weighted by atomic mass is 16.1. The number of carbonyl (C=O) groups is 1. The topological polar surface area (TPSA) is 59.2 Å². The molecule has 1 heterocycles. The summed E-state index contributed by atoms with van der Waals surface area (Å²) in [4.78, 5) is 14.7. The van der Waals surface area contributed by atoms with Crippen LogP contribution in [-0.2, 0) is 4.79 Å². The average molecular weight is 193 g/mol. The summed E-state index contributed by atoms with van der Waals surface area (Å²) in [6, 6.07) is 3.72. The second-order valence-electron chi connectivity index (χ2n) is 3.21. The van der Waals surface area contributed by atoms with Crippen LogP contribution in [0.25, 0.3) is 0 Å². The summed E-state index contributed by atoms with van der Waals surface area (Å²) in [7, 11) is 0. The van der Waals surface area contributed by atoms with Crippen LogP contribution in [-0.4, -0.2) is 17.3 Å². The second kappa shape index (κ2) is 5.34. The molecule has 0 fully saturated rings. The Morgan fingerprint density at radius 1 is 1.64 bits per heavy atom. The van der Waals surface area contributed by atoms with Crippen molar-refractivity contribution in [2.24, 2.45) is 5.84 Å². The molecule has 0 radical (unpaired) electrons. The summed E-state index contributed by atoms with van der Waals surface area (Å²) < 4.78 is 0. The Kier molecular flexibility index (Phi) is 4.07. The summed E-state index contributed by atoms with van der Waals surface area (Å²) in [6.07, 6.45) is 4.76. The van der Waals surface area contributed by atoms with Crippen molar-refractivity contribution in [3.05, 3.63) is 24.5 Å². The minimum Gasteiger partial charge on any atom is -0.309 e. The molecule has 0 bridgehead atoms. The first kappa shape index (κ1) is 10.7. The molecule has 0 saturated heterocycles. The van der Waals surface area contributed by atoms with Gasteiger partial charge in [0.2, 0.25) is 0 Å². The molecule has 0 spiro atoms. The average Bonchev–Trinajstić information content (AvgIpc) is 2.18. The van der Waals surface area contributed by atoms with Gasteiger partial charge in [-0.2, -0.15) is 0 Å². The Bertz CT molecular complexity index is 287. The Morgan fingerprint density at radius 3 is 3.00 bits per heavy atom. The molecule has 1 rings (SSSR count). The molecule has 0 aromatic carbocycles. The lowest BCUT2D eigenvalue weighted by Gasteiger charge is -2.17. The molecular weight excluding hydrogens is 178 g/mol. The van der Waals surface area contributed by atoms with Gasteiger partial charge >= 0.3 is 0 Å². The monoisotopic (exact) mass is 193 g/mol. The van der Waals surface area contributed by atoms with Gasteiger partial charge in [0.25, 0.3) is 0 Å². The normalized spacial score (nSPS) is 9.86. The third kappa shape index (κ3) is 3.53. The highest BCUT2D eigenvalue weighted by molar-refractivity contribution is 5.75. The minimum atomic E-state index is 0.199. The van der Waals surface area contributed by atoms with Gasteiger partial charge in [0.05, 0.1) is 11.9 Å². The van der Waals surface area contributed by atoms with Gasteiger partial charge in [0.1, 0.15) is 5.78 Å². The van der Waals surface area contributed by atoms with Gasteiger partial charge in [-0.3, -0.25) is 4.98 Å². The van der Waals surface area contributed by atoms with Crippen molar-refractivity contribution in [3.63, 3.8) is 0 Å². The number of ketones is 1. The van der Waals surface area contributed by atoms with Crippen molar-refractivity contribution >= 4 is 11.5 Å². The number of carbonyl (C=O) groups excluding carboxylic acids is 1. The van der Waals surface area contributed by atoms with Crippen LogP contribution >= 0.6 is 0 Å². The van der Waals surface area contributed by atoms with E-state index in [0.717, 1.165) is 12.1 Å². The van der Waals surface area contributed by atoms with Crippen LogP contribution in [0, 0.1) is 0 Å². The Morgan fingerprint density at radius 2 is 2.43 bits per heavy atom. The zero-order chi connectivity index (χ0) is 10.4. The maximum atomic E-state index is 10.7. The molecule has 76 valence electrons. The van der Waals surface area contributed by atoms with Crippen LogP contribution in [0.4, 0.5) is 5.69 Å². The van der Waals surface area contributed by atoms with Crippen molar-refractivity contribution in [2.45, 2.75) is 19.8 Å². The van der Waals surface area contributed by atoms with Gasteiger partial charge in [-0.15, -0.1) is 0 Å². The van der Waals surface area contributed by atoms with E-state index < -0.39 is 0 Å². The van der Waals surface area contributed by atoms with Gasteiger partial charge in [-0.05, 0) is 25.5 Å². The maximum absolute atomic E-state index is 10.7. The van der Waals surface area contributed by atoms with E-state index in [2.05, 4.69) is 4.98 Å². The SMILES string of the molecule is CC(=O)CCCN(N)c1cccnc1. The number of anilines is 1. The summed E-state index contributed by atoms with van der Waals surface area (Å²) in [5.41, 5.74) is 0.871. The lowest BCUT2D eigenvalue weighted by molar-refractivity contribution is -0.117. The van der Waals surface area contributed by atoms with Gasteiger partial charge in [0.15, 0.2) is 0 Å². The van der Waals surface area contributed by atoms with Crippen LogP contribution < -0.4 is 10.9 Å². The van der Waals surface area contributed by atoms with Crippen molar-refractivity contribution < 1.29 is 4.79 Å². The van der Waals surface area contributed by atoms with Crippen LogP contribution in [0.5, 0.6) is 0 Å². The van der Waals surface area contributed by atoms with E-state index in [4.69, 9.17) is 5.84 Å². The Labute approximate surface area is 83.7 Å². The number of Topliss-reactive ketones (excluding diaryl/α,β-unsaturated/α-hetero) is 1. The molecule has 2 N–H and O–H groups in total. The molecule has 0 aliphatic rings. The molecular formula is C10H15N3O. The molecule has 0 saturated carbocycles. The molecule has 4 heteroatoms. The zero-order valence-electron chi connectivity index (χ0n) is 8.31. The molecule has 1 aromatic heterocycles. The fourth-order valence-electron chi connectivity index (χ4n) is 1.15. The number of hydrogen-bond acceptors (Lipinski definition) is 4. The van der Waals surface area contributed by atoms with Crippen LogP contribution in [0.2, 0.25) is 0 Å². The fourth-order valence-corrected chi connectivity index (χ4v) is 1.15. The van der Waals surface area contributed by atoms with E-state index in [1.807, 2.05) is 12.1 Å². The number of rotatable bonds is 5. The third-order valence-electron chi connectivity index (χ3n) is 1.91. The summed E-state index contributed by atoms with van der Waals surface area (Å²) in [5, 5.41) is 1.61. The molecule has 0 unspecified atom stereocenters. The summed E-state index contributed by atoms with van der Waals surface area (Å²) in [5.74, 6) is 5.96. The molecule has 0 amide bonds. The summed E-state index contributed by atoms with van der Waals surface area (Å²) in [6.45, 7) is 2.26. The van der Waals surface area contributed by atoms with Crippen molar-refractivity contribution in [2.75, 3.05) is 11.6 Å². The standard InChI is InChI=1S/C10H15N3O/c1-9(14)4-3-7-13(11)10-5-2-6-12-8-10/h2,5-6,8H,3-4,7,11H2,1H3. The smallest absolute Gasteiger partial charge is 0.129 e. The van der Waals surface area contributed by atoms with E-state index in [0.29, 0.717) is 13.0 Å². The fraction of sp³-hybridized carbons (Fsp3) is 0.400. The first-order valence-electron chi connectivity index (χ1n) is 4.62. The van der Waals surface area contributed by atoms with Crippen LogP contribution in [0.3, 0.4) is 0 Å². The Hall–Kier alpha value is -1.42. The molecule has 0 aliphatic carbocycles. The van der Waals surface area contributed by atoms with E-state index in [-0.39, 0.29) is 5.78 Å². The minimum absolute atomic E-state index is 0.199. The number of hydrogen-bond donors (Lipinski definition) is 1. The molecule has 0 aliphatic heterocycles. The van der Waals surface area contributed by atoms with Crippen molar-refractivity contribution in [1.82, 2.24) is 4.98 Å². The van der Waals surface area contributed by atoms with Crippen molar-refractivity contribution in [1.29, 1.82) is 0 Å². The molecule has 14 heavy (non-hydrogen) atoms. The maximum Gasteiger partial charge on any atom is 0.129 e. The highest BCUT2D eigenvalue weighted by Crippen LogP contribution is 2.07. The lowest BCUT2D eigenvalue weighted by Crippen LogP contribution is -2.32. The van der Waals surface area contributed by atoms with Crippen molar-refractivity contribution in [3.8, 4) is 0 Å². The number of pyridine rings is 1. The van der Waals surface area contributed by atoms with Crippen LogP contribution in [0.1, 0.15) is 19.8 Å². The van der Waals surface area contributed by atoms with Gasteiger partial charge < -0.3 is 9.80 Å². The third-order valence-corrected chi connectivity index (χ3v) is 1.91.